The number of unbranched alkanes of at least 4 members (excludes halogenated alkanes) is 28. The Labute approximate surface area is 451 Å². The standard InChI is InChI=1S/C63H115N2O7P/c1-7-10-13-16-19-22-25-27-29-30-31-32-33-34-36-37-40-43-46-49-52-55-62(66)64-60(59-71-73(68,69)70-58-57-65(4,5)6)61(54-51-48-45-42-39-24-21-18-15-12-9-3)72-63(67)56-53-50-47-44-41-38-35-28-26-23-20-17-14-11-8-2/h19,22-23,26-27,29,31-32,34,36,51,54,60-61H,7-18,20-21,24-25,28,30,33,35,37-50,52-53,55-59H2,1-6H3,(H-,64,66,68,69)/p+1/b22-19-,26-23-,29-27-,32-31-,36-34-,54-51-. The van der Waals surface area contributed by atoms with Crippen LogP contribution in [0.3, 0.4) is 0 Å². The Kier molecular flexibility index (Phi) is 51.0. The molecule has 2 N–H and O–H groups in total. The van der Waals surface area contributed by atoms with E-state index in [1.165, 1.54) is 122 Å². The predicted molar refractivity (Wildman–Crippen MR) is 314 cm³/mol. The summed E-state index contributed by atoms with van der Waals surface area (Å²) in [5.74, 6) is -0.531. The molecule has 0 rings (SSSR count). The molecule has 1 amide bonds. The van der Waals surface area contributed by atoms with E-state index in [9.17, 15) is 19.0 Å². The van der Waals surface area contributed by atoms with Crippen LogP contribution in [-0.4, -0.2) is 74.3 Å². The van der Waals surface area contributed by atoms with Gasteiger partial charge in [-0.2, -0.15) is 0 Å². The average Bonchev–Trinajstić information content (AvgIpc) is 3.35. The second-order valence-corrected chi connectivity index (χ2v) is 23.0. The molecule has 10 heteroatoms. The fraction of sp³-hybridized carbons (Fsp3) is 0.778. The normalized spacial score (nSPS) is 14.2. The first-order chi connectivity index (χ1) is 35.4. The molecule has 0 saturated heterocycles. The van der Waals surface area contributed by atoms with Crippen LogP contribution >= 0.6 is 7.82 Å². The van der Waals surface area contributed by atoms with Crippen molar-refractivity contribution in [3.63, 3.8) is 0 Å². The number of nitrogens with zero attached hydrogens (tertiary/aromatic N) is 1. The SMILES string of the molecule is CCCCC/C=C\C/C=C\C/C=C\C/C=C\CCCCCCCC(=O)NC(COP(=O)(O)OCC[N+](C)(C)C)C(/C=C\CCCCCCCCCCC)OC(=O)CCCCCCCCC/C=C\CCCCCC. The van der Waals surface area contributed by atoms with Gasteiger partial charge in [0.25, 0.3) is 0 Å². The van der Waals surface area contributed by atoms with Crippen LogP contribution in [0, 0.1) is 0 Å². The van der Waals surface area contributed by atoms with Crippen molar-refractivity contribution < 1.29 is 37.3 Å². The minimum Gasteiger partial charge on any atom is -0.456 e. The van der Waals surface area contributed by atoms with Crippen LogP contribution < -0.4 is 5.32 Å². The highest BCUT2D eigenvalue weighted by Crippen LogP contribution is 2.43. The molecule has 3 atom stereocenters. The number of likely N-dealkylation sites (N-methyl/N-ethyl adjacent to an activating group) is 1. The van der Waals surface area contributed by atoms with Crippen molar-refractivity contribution in [1.82, 2.24) is 5.32 Å². The van der Waals surface area contributed by atoms with Gasteiger partial charge in [0.05, 0.1) is 33.8 Å². The van der Waals surface area contributed by atoms with Gasteiger partial charge < -0.3 is 19.4 Å². The first kappa shape index (κ1) is 70.5. The number of hydrogen-bond acceptors (Lipinski definition) is 6. The van der Waals surface area contributed by atoms with Gasteiger partial charge in [0, 0.05) is 12.8 Å². The fourth-order valence-corrected chi connectivity index (χ4v) is 9.12. The predicted octanol–water partition coefficient (Wildman–Crippen LogP) is 18.4. The quantitative estimate of drug-likeness (QED) is 0.0205. The summed E-state index contributed by atoms with van der Waals surface area (Å²) >= 11 is 0. The molecule has 0 aromatic carbocycles. The number of quaternary nitrogens is 1. The third kappa shape index (κ3) is 54.1. The van der Waals surface area contributed by atoms with Gasteiger partial charge in [-0.15, -0.1) is 0 Å². The summed E-state index contributed by atoms with van der Waals surface area (Å²) in [6, 6.07) is -0.861. The molecule has 0 aliphatic carbocycles. The van der Waals surface area contributed by atoms with Crippen LogP contribution in [0.2, 0.25) is 0 Å². The molecule has 424 valence electrons. The fourth-order valence-electron chi connectivity index (χ4n) is 8.39. The number of rotatable bonds is 54. The van der Waals surface area contributed by atoms with E-state index in [0.29, 0.717) is 17.4 Å². The number of nitrogens with one attached hydrogen (secondary N) is 1. The number of ether oxygens (including phenoxy) is 1. The van der Waals surface area contributed by atoms with Crippen LogP contribution in [0.5, 0.6) is 0 Å². The summed E-state index contributed by atoms with van der Waals surface area (Å²) < 4.78 is 30.6. The van der Waals surface area contributed by atoms with E-state index in [0.717, 1.165) is 109 Å². The third-order valence-corrected chi connectivity index (χ3v) is 14.1. The molecule has 3 unspecified atom stereocenters. The van der Waals surface area contributed by atoms with Crippen LogP contribution in [0.1, 0.15) is 265 Å². The zero-order valence-electron chi connectivity index (χ0n) is 48.4. The highest BCUT2D eigenvalue weighted by molar-refractivity contribution is 7.47. The molecule has 0 aromatic rings. The number of amides is 1. The molecule has 0 saturated carbocycles. The summed E-state index contributed by atoms with van der Waals surface area (Å²) in [5.41, 5.74) is 0. The number of phosphoric ester groups is 1. The Morgan fingerprint density at radius 1 is 0.479 bits per heavy atom. The first-order valence-corrected chi connectivity index (χ1v) is 31.8. The maximum Gasteiger partial charge on any atom is 0.472 e. The third-order valence-electron chi connectivity index (χ3n) is 13.1. The van der Waals surface area contributed by atoms with Crippen molar-refractivity contribution in [2.24, 2.45) is 0 Å². The van der Waals surface area contributed by atoms with Crippen molar-refractivity contribution in [1.29, 1.82) is 0 Å². The molecule has 0 fully saturated rings. The lowest BCUT2D eigenvalue weighted by molar-refractivity contribution is -0.870. The van der Waals surface area contributed by atoms with Crippen molar-refractivity contribution in [3.8, 4) is 0 Å². The molecule has 0 aromatic heterocycles. The molecule has 0 radical (unpaired) electrons. The van der Waals surface area contributed by atoms with E-state index in [1.54, 1.807) is 0 Å². The molecular formula is C63H116N2O7P+. The lowest BCUT2D eigenvalue weighted by Crippen LogP contribution is -2.47. The van der Waals surface area contributed by atoms with E-state index in [2.05, 4.69) is 86.8 Å². The van der Waals surface area contributed by atoms with E-state index in [-0.39, 0.29) is 31.5 Å². The molecule has 9 nitrogen and oxygen atoms in total. The smallest absolute Gasteiger partial charge is 0.456 e. The Morgan fingerprint density at radius 2 is 0.836 bits per heavy atom. The number of esters is 1. The number of carbonyl (C=O) groups is 2. The second kappa shape index (κ2) is 52.9. The number of carbonyl (C=O) groups excluding carboxylic acids is 2. The molecule has 73 heavy (non-hydrogen) atoms. The summed E-state index contributed by atoms with van der Waals surface area (Å²) in [5, 5.41) is 3.04. The Bertz CT molecular complexity index is 1480. The highest BCUT2D eigenvalue weighted by atomic mass is 31.2. The number of phosphoric acid groups is 1. The van der Waals surface area contributed by atoms with Gasteiger partial charge in [-0.1, -0.05) is 222 Å². The van der Waals surface area contributed by atoms with Gasteiger partial charge >= 0.3 is 13.8 Å². The Hall–Kier alpha value is -2.55. The molecule has 0 heterocycles. The Morgan fingerprint density at radius 3 is 1.30 bits per heavy atom. The lowest BCUT2D eigenvalue weighted by Gasteiger charge is -2.27. The van der Waals surface area contributed by atoms with Gasteiger partial charge in [0.1, 0.15) is 19.3 Å². The summed E-state index contributed by atoms with van der Waals surface area (Å²) in [6.45, 7) is 6.95. The van der Waals surface area contributed by atoms with Crippen LogP contribution in [-0.2, 0) is 27.9 Å². The topological polar surface area (TPSA) is 111 Å². The minimum absolute atomic E-state index is 0.0333. The average molecular weight is 1040 g/mol. The van der Waals surface area contributed by atoms with Gasteiger partial charge in [-0.05, 0) is 102 Å². The number of hydrogen-bond donors (Lipinski definition) is 2. The summed E-state index contributed by atoms with van der Waals surface area (Å²) in [4.78, 5) is 37.6. The lowest BCUT2D eigenvalue weighted by atomic mass is 10.1. The van der Waals surface area contributed by atoms with E-state index < -0.39 is 20.0 Å². The second-order valence-electron chi connectivity index (χ2n) is 21.5. The molecule has 0 aliphatic heterocycles. The largest absolute Gasteiger partial charge is 0.472 e. The summed E-state index contributed by atoms with van der Waals surface area (Å²) in [6.07, 6.45) is 67.5. The molecule has 0 aliphatic rings. The van der Waals surface area contributed by atoms with Gasteiger partial charge in [0.15, 0.2) is 0 Å². The van der Waals surface area contributed by atoms with Crippen molar-refractivity contribution in [2.45, 2.75) is 277 Å². The van der Waals surface area contributed by atoms with Crippen LogP contribution in [0.25, 0.3) is 0 Å². The van der Waals surface area contributed by atoms with Crippen molar-refractivity contribution in [3.05, 3.63) is 72.9 Å². The van der Waals surface area contributed by atoms with Crippen LogP contribution in [0.4, 0.5) is 0 Å². The monoisotopic (exact) mass is 1040 g/mol. The zero-order chi connectivity index (χ0) is 53.6. The number of allylic oxidation sites excluding steroid dienone is 11. The van der Waals surface area contributed by atoms with Gasteiger partial charge in [-0.25, -0.2) is 4.57 Å². The van der Waals surface area contributed by atoms with Crippen molar-refractivity contribution >= 4 is 19.7 Å². The zero-order valence-corrected chi connectivity index (χ0v) is 49.3. The highest BCUT2D eigenvalue weighted by Gasteiger charge is 2.30. The molecule has 0 bridgehead atoms. The van der Waals surface area contributed by atoms with Crippen molar-refractivity contribution in [2.75, 3.05) is 40.9 Å². The summed E-state index contributed by atoms with van der Waals surface area (Å²) in [7, 11) is 1.47. The van der Waals surface area contributed by atoms with E-state index in [1.807, 2.05) is 33.3 Å². The molecular weight excluding hydrogens is 928 g/mol. The van der Waals surface area contributed by atoms with Crippen LogP contribution in [0.15, 0.2) is 72.9 Å². The Balaban J connectivity index is 5.28. The minimum atomic E-state index is -4.45. The first-order valence-electron chi connectivity index (χ1n) is 30.3. The van der Waals surface area contributed by atoms with E-state index in [4.69, 9.17) is 13.8 Å². The van der Waals surface area contributed by atoms with Gasteiger partial charge in [0.2, 0.25) is 5.91 Å². The maximum absolute atomic E-state index is 13.5. The molecule has 0 spiro atoms. The van der Waals surface area contributed by atoms with E-state index >= 15 is 0 Å². The van der Waals surface area contributed by atoms with Gasteiger partial charge in [-0.3, -0.25) is 18.6 Å². The maximum atomic E-state index is 13.5.